The first kappa shape index (κ1) is 15.1. The Kier molecular flexibility index (Phi) is 4.86. The van der Waals surface area contributed by atoms with Crippen molar-refractivity contribution in [1.29, 1.82) is 0 Å². The molecule has 0 aliphatic heterocycles. The van der Waals surface area contributed by atoms with Crippen LogP contribution in [0, 0.1) is 0 Å². The largest absolute Gasteiger partial charge is 0.382 e. The average molecular weight is 296 g/mol. The molecule has 20 heavy (non-hydrogen) atoms. The van der Waals surface area contributed by atoms with E-state index in [2.05, 4.69) is 18.8 Å². The maximum atomic E-state index is 12.7. The predicted molar refractivity (Wildman–Crippen MR) is 84.4 cm³/mol. The molecule has 2 rings (SSSR count). The number of nitrogen functional groups attached to an aromatic ring is 1. The lowest BCUT2D eigenvalue weighted by Gasteiger charge is -2.21. The third-order valence-corrected chi connectivity index (χ3v) is 4.81. The minimum absolute atomic E-state index is 0.0618. The Morgan fingerprint density at radius 3 is 2.70 bits per heavy atom. The number of aromatic nitrogens is 1. The van der Waals surface area contributed by atoms with Gasteiger partial charge in [0.2, 0.25) is 0 Å². The van der Waals surface area contributed by atoms with Crippen LogP contribution in [0.15, 0.2) is 0 Å². The number of unbranched alkanes of at least 4 members (excludes halogenated alkanes) is 1. The Bertz CT molecular complexity index is 470. The lowest BCUT2D eigenvalue weighted by atomic mass is 10.3. The van der Waals surface area contributed by atoms with E-state index in [1.807, 2.05) is 16.8 Å². The van der Waals surface area contributed by atoms with Gasteiger partial charge in [-0.2, -0.15) is 0 Å². The van der Waals surface area contributed by atoms with Crippen molar-refractivity contribution >= 4 is 28.2 Å². The summed E-state index contributed by atoms with van der Waals surface area (Å²) in [5.74, 6) is 0.434. The molecular formula is C14H24N4OS. The molecule has 1 aromatic rings. The first-order valence-electron chi connectivity index (χ1n) is 7.36. The van der Waals surface area contributed by atoms with E-state index in [1.165, 1.54) is 11.3 Å². The van der Waals surface area contributed by atoms with Crippen molar-refractivity contribution in [3.63, 3.8) is 0 Å². The zero-order chi connectivity index (χ0) is 14.7. The Morgan fingerprint density at radius 2 is 2.15 bits per heavy atom. The molecule has 1 aliphatic rings. The highest BCUT2D eigenvalue weighted by Crippen LogP contribution is 2.33. The molecule has 0 atom stereocenters. The maximum Gasteiger partial charge on any atom is 0.268 e. The summed E-state index contributed by atoms with van der Waals surface area (Å²) >= 11 is 1.41. The second-order valence-electron chi connectivity index (χ2n) is 5.31. The third-order valence-electron chi connectivity index (χ3n) is 3.64. The van der Waals surface area contributed by atoms with E-state index < -0.39 is 0 Å². The van der Waals surface area contributed by atoms with Crippen LogP contribution in [0.4, 0.5) is 10.9 Å². The van der Waals surface area contributed by atoms with E-state index in [1.54, 1.807) is 0 Å². The lowest BCUT2D eigenvalue weighted by Crippen LogP contribution is -2.33. The van der Waals surface area contributed by atoms with Crippen molar-refractivity contribution in [2.75, 3.05) is 30.8 Å². The fourth-order valence-electron chi connectivity index (χ4n) is 2.07. The van der Waals surface area contributed by atoms with Crippen LogP contribution in [-0.2, 0) is 0 Å². The van der Waals surface area contributed by atoms with E-state index in [4.69, 9.17) is 5.73 Å². The van der Waals surface area contributed by atoms with Crippen molar-refractivity contribution in [2.24, 2.45) is 0 Å². The highest BCUT2D eigenvalue weighted by Gasteiger charge is 2.34. The van der Waals surface area contributed by atoms with Crippen molar-refractivity contribution < 1.29 is 4.79 Å². The van der Waals surface area contributed by atoms with Crippen LogP contribution in [0.1, 0.15) is 49.2 Å². The van der Waals surface area contributed by atoms with Gasteiger partial charge in [-0.25, -0.2) is 4.98 Å². The molecule has 0 radical (unpaired) electrons. The van der Waals surface area contributed by atoms with Crippen molar-refractivity contribution in [1.82, 2.24) is 9.88 Å². The SMILES string of the molecule is CCCCN(C(=O)c1sc(N(C)CC)nc1N)C1CC1. The molecule has 1 amide bonds. The molecule has 1 aromatic heterocycles. The number of hydrogen-bond donors (Lipinski definition) is 1. The lowest BCUT2D eigenvalue weighted by molar-refractivity contribution is 0.0746. The van der Waals surface area contributed by atoms with Gasteiger partial charge >= 0.3 is 0 Å². The summed E-state index contributed by atoms with van der Waals surface area (Å²) in [6.07, 6.45) is 4.38. The quantitative estimate of drug-likeness (QED) is 0.840. The van der Waals surface area contributed by atoms with Crippen LogP contribution in [0.25, 0.3) is 0 Å². The summed E-state index contributed by atoms with van der Waals surface area (Å²) in [6, 6.07) is 0.419. The normalized spacial score (nSPS) is 14.3. The van der Waals surface area contributed by atoms with Gasteiger partial charge in [0.05, 0.1) is 0 Å². The summed E-state index contributed by atoms with van der Waals surface area (Å²) in [6.45, 7) is 5.88. The Hall–Kier alpha value is -1.30. The molecule has 0 unspecified atom stereocenters. The van der Waals surface area contributed by atoms with Crippen molar-refractivity contribution in [3.05, 3.63) is 4.88 Å². The van der Waals surface area contributed by atoms with E-state index in [9.17, 15) is 4.79 Å². The molecule has 6 heteroatoms. The van der Waals surface area contributed by atoms with Gasteiger partial charge in [-0.05, 0) is 26.2 Å². The molecular weight excluding hydrogens is 272 g/mol. The molecule has 112 valence electrons. The number of carbonyl (C=O) groups excluding carboxylic acids is 1. The molecule has 1 fully saturated rings. The fourth-order valence-corrected chi connectivity index (χ4v) is 3.03. The Balaban J connectivity index is 2.16. The number of thiazole rings is 1. The van der Waals surface area contributed by atoms with Crippen LogP contribution in [0.2, 0.25) is 0 Å². The summed E-state index contributed by atoms with van der Waals surface area (Å²) in [7, 11) is 1.96. The predicted octanol–water partition coefficient (Wildman–Crippen LogP) is 2.59. The van der Waals surface area contributed by atoms with Crippen LogP contribution >= 0.6 is 11.3 Å². The smallest absolute Gasteiger partial charge is 0.268 e. The molecule has 0 spiro atoms. The number of carbonyl (C=O) groups is 1. The van der Waals surface area contributed by atoms with Gasteiger partial charge in [-0.15, -0.1) is 0 Å². The zero-order valence-electron chi connectivity index (χ0n) is 12.6. The standard InChI is InChI=1S/C14H24N4OS/c1-4-6-9-18(10-7-8-10)13(19)11-12(15)16-14(20-11)17(3)5-2/h10H,4-9,15H2,1-3H3. The van der Waals surface area contributed by atoms with E-state index in [-0.39, 0.29) is 5.91 Å². The molecule has 1 aliphatic carbocycles. The number of hydrogen-bond acceptors (Lipinski definition) is 5. The average Bonchev–Trinajstić information content (AvgIpc) is 3.20. The first-order chi connectivity index (χ1) is 9.58. The van der Waals surface area contributed by atoms with Crippen molar-refractivity contribution in [3.8, 4) is 0 Å². The number of nitrogens with two attached hydrogens (primary N) is 1. The summed E-state index contributed by atoms with van der Waals surface area (Å²) < 4.78 is 0. The summed E-state index contributed by atoms with van der Waals surface area (Å²) in [5.41, 5.74) is 5.95. The van der Waals surface area contributed by atoms with E-state index in [0.29, 0.717) is 16.7 Å². The third kappa shape index (κ3) is 3.23. The van der Waals surface area contributed by atoms with Gasteiger partial charge in [0.1, 0.15) is 10.7 Å². The number of anilines is 2. The topological polar surface area (TPSA) is 62.5 Å². The van der Waals surface area contributed by atoms with Gasteiger partial charge in [0.25, 0.3) is 5.91 Å². The molecule has 5 nitrogen and oxygen atoms in total. The van der Waals surface area contributed by atoms with E-state index >= 15 is 0 Å². The highest BCUT2D eigenvalue weighted by atomic mass is 32.1. The van der Waals surface area contributed by atoms with E-state index in [0.717, 1.165) is 43.9 Å². The number of amides is 1. The van der Waals surface area contributed by atoms with Crippen LogP contribution in [0.3, 0.4) is 0 Å². The van der Waals surface area contributed by atoms with Crippen molar-refractivity contribution in [2.45, 2.75) is 45.6 Å². The molecule has 0 bridgehead atoms. The number of nitrogens with zero attached hydrogens (tertiary/aromatic N) is 3. The molecule has 0 saturated heterocycles. The number of rotatable bonds is 7. The Labute approximate surface area is 124 Å². The minimum atomic E-state index is 0.0618. The van der Waals surface area contributed by atoms with Crippen LogP contribution in [0.5, 0.6) is 0 Å². The van der Waals surface area contributed by atoms with Gasteiger partial charge in [-0.1, -0.05) is 24.7 Å². The highest BCUT2D eigenvalue weighted by molar-refractivity contribution is 7.18. The molecule has 1 heterocycles. The summed E-state index contributed by atoms with van der Waals surface area (Å²) in [5, 5.41) is 0.819. The monoisotopic (exact) mass is 296 g/mol. The Morgan fingerprint density at radius 1 is 1.45 bits per heavy atom. The van der Waals surface area contributed by atoms with Gasteiger partial charge in [0, 0.05) is 26.2 Å². The van der Waals surface area contributed by atoms with Crippen LogP contribution < -0.4 is 10.6 Å². The molecule has 2 N–H and O–H groups in total. The molecule has 1 saturated carbocycles. The fraction of sp³-hybridized carbons (Fsp3) is 0.714. The van der Waals surface area contributed by atoms with Gasteiger partial charge in [0.15, 0.2) is 5.13 Å². The molecule has 0 aromatic carbocycles. The first-order valence-corrected chi connectivity index (χ1v) is 8.18. The van der Waals surface area contributed by atoms with Crippen LogP contribution in [-0.4, -0.2) is 42.0 Å². The maximum absolute atomic E-state index is 12.7. The second kappa shape index (κ2) is 6.43. The minimum Gasteiger partial charge on any atom is -0.382 e. The second-order valence-corrected chi connectivity index (χ2v) is 6.29. The van der Waals surface area contributed by atoms with Gasteiger partial charge in [-0.3, -0.25) is 4.79 Å². The summed E-state index contributed by atoms with van der Waals surface area (Å²) in [4.78, 5) is 21.6. The zero-order valence-corrected chi connectivity index (χ0v) is 13.4. The van der Waals surface area contributed by atoms with Gasteiger partial charge < -0.3 is 15.5 Å².